The molecule has 0 saturated carbocycles. The molecule has 1 aromatic rings. The van der Waals surface area contributed by atoms with Crippen molar-refractivity contribution in [1.29, 1.82) is 0 Å². The molecule has 0 aliphatic heterocycles. The Morgan fingerprint density at radius 3 is 2.57 bits per heavy atom. The molecule has 1 aromatic heterocycles. The zero-order valence-electron chi connectivity index (χ0n) is 6.58. The lowest BCUT2D eigenvalue weighted by atomic mass is 10.2. The van der Waals surface area contributed by atoms with Crippen molar-refractivity contribution in [2.75, 3.05) is 5.73 Å². The van der Waals surface area contributed by atoms with Gasteiger partial charge in [0, 0.05) is 0 Å². The first kappa shape index (κ1) is 10.2. The summed E-state index contributed by atoms with van der Waals surface area (Å²) in [5, 5.41) is 10.1. The molecule has 0 aliphatic rings. The van der Waals surface area contributed by atoms with Crippen LogP contribution in [-0.2, 0) is 0 Å². The van der Waals surface area contributed by atoms with Gasteiger partial charge in [0.2, 0.25) is 5.82 Å². The highest BCUT2D eigenvalue weighted by Gasteiger charge is 2.25. The number of rotatable bonds is 2. The molecular formula is C6H4F3N3O2. The Morgan fingerprint density at radius 1 is 1.57 bits per heavy atom. The van der Waals surface area contributed by atoms with Crippen molar-refractivity contribution in [3.8, 4) is 0 Å². The van der Waals surface area contributed by atoms with Gasteiger partial charge in [0.15, 0.2) is 6.20 Å². The molecule has 0 atom stereocenters. The van der Waals surface area contributed by atoms with Gasteiger partial charge in [-0.1, -0.05) is 0 Å². The standard InChI is InChI=1S/C6H4F3N3O2/c7-3-4(10)2(5(8)9)1-11-6(3)12(13)14/h1,5H,(H2,10,11). The van der Waals surface area contributed by atoms with E-state index in [0.29, 0.717) is 6.20 Å². The van der Waals surface area contributed by atoms with Crippen LogP contribution in [0.3, 0.4) is 0 Å². The van der Waals surface area contributed by atoms with E-state index in [1.165, 1.54) is 0 Å². The maximum atomic E-state index is 12.9. The Kier molecular flexibility index (Phi) is 2.54. The highest BCUT2D eigenvalue weighted by Crippen LogP contribution is 2.29. The van der Waals surface area contributed by atoms with Gasteiger partial charge in [-0.25, -0.2) is 8.78 Å². The first-order chi connectivity index (χ1) is 6.45. The van der Waals surface area contributed by atoms with E-state index in [4.69, 9.17) is 5.73 Å². The fraction of sp³-hybridized carbons (Fsp3) is 0.167. The molecule has 0 saturated heterocycles. The zero-order chi connectivity index (χ0) is 10.9. The van der Waals surface area contributed by atoms with E-state index in [9.17, 15) is 23.3 Å². The molecule has 0 aliphatic carbocycles. The number of anilines is 1. The minimum Gasteiger partial charge on any atom is -0.396 e. The maximum absolute atomic E-state index is 12.9. The summed E-state index contributed by atoms with van der Waals surface area (Å²) in [7, 11) is 0. The third-order valence-corrected chi connectivity index (χ3v) is 1.48. The molecule has 0 amide bonds. The normalized spacial score (nSPS) is 10.6. The third kappa shape index (κ3) is 1.58. The Hall–Kier alpha value is -1.86. The molecule has 0 fully saturated rings. The fourth-order valence-electron chi connectivity index (χ4n) is 0.805. The lowest BCUT2D eigenvalue weighted by Crippen LogP contribution is -2.04. The Balaban J connectivity index is 3.33. The second kappa shape index (κ2) is 3.48. The summed E-state index contributed by atoms with van der Waals surface area (Å²) in [6.07, 6.45) is -2.53. The fourth-order valence-corrected chi connectivity index (χ4v) is 0.805. The molecule has 1 rings (SSSR count). The van der Waals surface area contributed by atoms with Crippen LogP contribution in [0.4, 0.5) is 24.7 Å². The number of hydrogen-bond acceptors (Lipinski definition) is 4. The van der Waals surface area contributed by atoms with Crippen LogP contribution in [0.1, 0.15) is 12.0 Å². The van der Waals surface area contributed by atoms with Gasteiger partial charge in [0.1, 0.15) is 0 Å². The molecule has 8 heteroatoms. The van der Waals surface area contributed by atoms with Gasteiger partial charge < -0.3 is 15.8 Å². The van der Waals surface area contributed by atoms with E-state index >= 15 is 0 Å². The van der Waals surface area contributed by atoms with Gasteiger partial charge in [-0.15, -0.1) is 0 Å². The van der Waals surface area contributed by atoms with Crippen LogP contribution in [0.15, 0.2) is 6.20 Å². The quantitative estimate of drug-likeness (QED) is 0.590. The van der Waals surface area contributed by atoms with Crippen LogP contribution in [0.2, 0.25) is 0 Å². The molecule has 5 nitrogen and oxygen atoms in total. The minimum atomic E-state index is -3.02. The average Bonchev–Trinajstić information content (AvgIpc) is 2.08. The Morgan fingerprint density at radius 2 is 2.14 bits per heavy atom. The smallest absolute Gasteiger partial charge is 0.396 e. The summed E-state index contributed by atoms with van der Waals surface area (Å²) in [6.45, 7) is 0. The van der Waals surface area contributed by atoms with E-state index < -0.39 is 34.2 Å². The molecule has 2 N–H and O–H groups in total. The van der Waals surface area contributed by atoms with E-state index in [1.54, 1.807) is 0 Å². The summed E-state index contributed by atoms with van der Waals surface area (Å²) in [4.78, 5) is 11.9. The number of nitrogens with two attached hydrogens (primary N) is 1. The Bertz CT molecular complexity index is 383. The topological polar surface area (TPSA) is 82.0 Å². The van der Waals surface area contributed by atoms with E-state index in [0.717, 1.165) is 0 Å². The minimum absolute atomic E-state index is 0.487. The van der Waals surface area contributed by atoms with Crippen molar-refractivity contribution in [1.82, 2.24) is 4.98 Å². The number of nitro groups is 1. The van der Waals surface area contributed by atoms with Crippen molar-refractivity contribution in [3.63, 3.8) is 0 Å². The molecule has 0 bridgehead atoms. The summed E-state index contributed by atoms with van der Waals surface area (Å²) >= 11 is 0. The number of nitrogen functional groups attached to an aromatic ring is 1. The number of alkyl halides is 2. The first-order valence-corrected chi connectivity index (χ1v) is 3.31. The van der Waals surface area contributed by atoms with Crippen molar-refractivity contribution in [3.05, 3.63) is 27.7 Å². The molecule has 0 radical (unpaired) electrons. The highest BCUT2D eigenvalue weighted by atomic mass is 19.3. The number of nitrogens with zero attached hydrogens (tertiary/aromatic N) is 2. The van der Waals surface area contributed by atoms with Crippen molar-refractivity contribution < 1.29 is 18.1 Å². The molecule has 0 unspecified atom stereocenters. The van der Waals surface area contributed by atoms with Gasteiger partial charge in [-0.3, -0.25) is 0 Å². The average molecular weight is 207 g/mol. The molecule has 0 spiro atoms. The molecular weight excluding hydrogens is 203 g/mol. The van der Waals surface area contributed by atoms with Crippen LogP contribution in [0.25, 0.3) is 0 Å². The molecule has 0 aromatic carbocycles. The summed E-state index contributed by atoms with van der Waals surface area (Å²) in [6, 6.07) is 0. The van der Waals surface area contributed by atoms with E-state index in [2.05, 4.69) is 4.98 Å². The van der Waals surface area contributed by atoms with E-state index in [-0.39, 0.29) is 0 Å². The number of pyridine rings is 1. The van der Waals surface area contributed by atoms with Gasteiger partial charge in [-0.05, 0) is 9.91 Å². The third-order valence-electron chi connectivity index (χ3n) is 1.48. The van der Waals surface area contributed by atoms with Crippen molar-refractivity contribution >= 4 is 11.5 Å². The zero-order valence-corrected chi connectivity index (χ0v) is 6.58. The number of aromatic nitrogens is 1. The van der Waals surface area contributed by atoms with Gasteiger partial charge in [0.25, 0.3) is 6.43 Å². The predicted molar refractivity (Wildman–Crippen MR) is 40.2 cm³/mol. The van der Waals surface area contributed by atoms with Gasteiger partial charge >= 0.3 is 5.82 Å². The van der Waals surface area contributed by atoms with Crippen LogP contribution >= 0.6 is 0 Å². The first-order valence-electron chi connectivity index (χ1n) is 3.31. The number of halogens is 3. The van der Waals surface area contributed by atoms with Crippen molar-refractivity contribution in [2.24, 2.45) is 0 Å². The lowest BCUT2D eigenvalue weighted by Gasteiger charge is -2.02. The maximum Gasteiger partial charge on any atom is 0.401 e. The van der Waals surface area contributed by atoms with Crippen LogP contribution in [0.5, 0.6) is 0 Å². The lowest BCUT2D eigenvalue weighted by molar-refractivity contribution is -0.392. The SMILES string of the molecule is Nc1c(C(F)F)cnc([N+](=O)[O-])c1F. The Labute approximate surface area is 75.5 Å². The van der Waals surface area contributed by atoms with Crippen LogP contribution in [0, 0.1) is 15.9 Å². The largest absolute Gasteiger partial charge is 0.401 e. The molecule has 14 heavy (non-hydrogen) atoms. The highest BCUT2D eigenvalue weighted by molar-refractivity contribution is 5.52. The van der Waals surface area contributed by atoms with Crippen LogP contribution in [-0.4, -0.2) is 9.91 Å². The summed E-state index contributed by atoms with van der Waals surface area (Å²) < 4.78 is 37.1. The predicted octanol–water partition coefficient (Wildman–Crippen LogP) is 1.65. The van der Waals surface area contributed by atoms with Gasteiger partial charge in [0.05, 0.1) is 11.3 Å². The molecule has 76 valence electrons. The summed E-state index contributed by atoms with van der Waals surface area (Å²) in [5.74, 6) is -2.69. The second-order valence-electron chi connectivity index (χ2n) is 2.32. The van der Waals surface area contributed by atoms with Gasteiger partial charge in [-0.2, -0.15) is 4.39 Å². The number of hydrogen-bond donors (Lipinski definition) is 1. The molecule has 1 heterocycles. The van der Waals surface area contributed by atoms with E-state index in [1.807, 2.05) is 0 Å². The summed E-state index contributed by atoms with van der Waals surface area (Å²) in [5.41, 5.74) is 3.13. The monoisotopic (exact) mass is 207 g/mol. The van der Waals surface area contributed by atoms with Crippen LogP contribution < -0.4 is 5.73 Å². The second-order valence-corrected chi connectivity index (χ2v) is 2.32. The van der Waals surface area contributed by atoms with Crippen molar-refractivity contribution in [2.45, 2.75) is 6.43 Å².